The number of hydrogen-bond donors (Lipinski definition) is 0. The fourth-order valence-corrected chi connectivity index (χ4v) is 5.54. The third kappa shape index (κ3) is 4.85. The van der Waals surface area contributed by atoms with E-state index in [0.717, 1.165) is 12.8 Å². The minimum absolute atomic E-state index is 0.00474. The highest BCUT2D eigenvalue weighted by molar-refractivity contribution is 7.90. The van der Waals surface area contributed by atoms with Crippen molar-refractivity contribution in [3.63, 3.8) is 0 Å². The van der Waals surface area contributed by atoms with E-state index >= 15 is 0 Å². The Bertz CT molecular complexity index is 1010. The molecule has 0 atom stereocenters. The van der Waals surface area contributed by atoms with Crippen LogP contribution in [0.25, 0.3) is 0 Å². The molecule has 0 bridgehead atoms. The van der Waals surface area contributed by atoms with Crippen LogP contribution in [0.4, 0.5) is 0 Å². The van der Waals surface area contributed by atoms with E-state index in [1.165, 1.54) is 18.2 Å². The third-order valence-electron chi connectivity index (χ3n) is 4.78. The lowest BCUT2D eigenvalue weighted by Crippen LogP contribution is -2.43. The number of nitrogens with zero attached hydrogens (tertiary/aromatic N) is 2. The SMILES string of the molecule is CC1(C)CCCN(C(=O)c2cccc(CS(=O)(=O)c3ccc(Cl)cc3Cl)n2)C1. The molecular formula is C20H22Cl2N2O3S. The maximum Gasteiger partial charge on any atom is 0.272 e. The van der Waals surface area contributed by atoms with Gasteiger partial charge in [0, 0.05) is 18.1 Å². The Morgan fingerprint density at radius 1 is 1.21 bits per heavy atom. The first-order valence-corrected chi connectivity index (χ1v) is 11.4. The number of benzene rings is 1. The molecular weight excluding hydrogens is 419 g/mol. The molecule has 1 aliphatic rings. The highest BCUT2D eigenvalue weighted by Gasteiger charge is 2.30. The van der Waals surface area contributed by atoms with Gasteiger partial charge in [0.1, 0.15) is 5.69 Å². The molecule has 1 aromatic heterocycles. The van der Waals surface area contributed by atoms with E-state index in [9.17, 15) is 13.2 Å². The van der Waals surface area contributed by atoms with Crippen molar-refractivity contribution in [2.45, 2.75) is 37.3 Å². The maximum absolute atomic E-state index is 12.8. The summed E-state index contributed by atoms with van der Waals surface area (Å²) in [6.45, 7) is 5.63. The summed E-state index contributed by atoms with van der Waals surface area (Å²) in [6.07, 6.45) is 2.02. The van der Waals surface area contributed by atoms with Gasteiger partial charge in [-0.2, -0.15) is 0 Å². The van der Waals surface area contributed by atoms with Crippen LogP contribution in [-0.4, -0.2) is 37.3 Å². The molecule has 0 radical (unpaired) electrons. The zero-order valence-corrected chi connectivity index (χ0v) is 18.1. The smallest absolute Gasteiger partial charge is 0.272 e. The van der Waals surface area contributed by atoms with Crippen LogP contribution in [0.15, 0.2) is 41.3 Å². The first-order valence-electron chi connectivity index (χ1n) is 9.00. The average Bonchev–Trinajstić information content (AvgIpc) is 2.59. The predicted molar refractivity (Wildman–Crippen MR) is 111 cm³/mol. The molecule has 28 heavy (non-hydrogen) atoms. The molecule has 5 nitrogen and oxygen atoms in total. The molecule has 2 aromatic rings. The Kier molecular flexibility index (Phi) is 6.03. The lowest BCUT2D eigenvalue weighted by atomic mass is 9.84. The molecule has 1 aromatic carbocycles. The fraction of sp³-hybridized carbons (Fsp3) is 0.400. The van der Waals surface area contributed by atoms with E-state index in [0.29, 0.717) is 23.8 Å². The molecule has 1 saturated heterocycles. The van der Waals surface area contributed by atoms with Crippen LogP contribution in [-0.2, 0) is 15.6 Å². The molecule has 0 aliphatic carbocycles. The summed E-state index contributed by atoms with van der Waals surface area (Å²) >= 11 is 11.9. The second kappa shape index (κ2) is 8.01. The Morgan fingerprint density at radius 3 is 2.64 bits per heavy atom. The molecule has 0 saturated carbocycles. The number of likely N-dealkylation sites (tertiary alicyclic amines) is 1. The second-order valence-corrected chi connectivity index (χ2v) is 10.6. The van der Waals surface area contributed by atoms with Crippen LogP contribution in [0.3, 0.4) is 0 Å². The van der Waals surface area contributed by atoms with Crippen LogP contribution >= 0.6 is 23.2 Å². The van der Waals surface area contributed by atoms with Gasteiger partial charge in [-0.15, -0.1) is 0 Å². The van der Waals surface area contributed by atoms with Gasteiger partial charge >= 0.3 is 0 Å². The number of carbonyl (C=O) groups excluding carboxylic acids is 1. The van der Waals surface area contributed by atoms with E-state index in [-0.39, 0.29) is 32.7 Å². The molecule has 0 spiro atoms. The van der Waals surface area contributed by atoms with Gasteiger partial charge in [-0.3, -0.25) is 4.79 Å². The summed E-state index contributed by atoms with van der Waals surface area (Å²) in [5, 5.41) is 0.425. The Balaban J connectivity index is 1.82. The van der Waals surface area contributed by atoms with Crippen molar-refractivity contribution < 1.29 is 13.2 Å². The van der Waals surface area contributed by atoms with Gasteiger partial charge in [-0.1, -0.05) is 43.1 Å². The summed E-state index contributed by atoms with van der Waals surface area (Å²) in [5.74, 6) is -0.516. The minimum Gasteiger partial charge on any atom is -0.337 e. The Morgan fingerprint density at radius 2 is 1.96 bits per heavy atom. The van der Waals surface area contributed by atoms with Gasteiger partial charge in [-0.25, -0.2) is 13.4 Å². The van der Waals surface area contributed by atoms with Crippen molar-refractivity contribution in [3.8, 4) is 0 Å². The van der Waals surface area contributed by atoms with Crippen molar-refractivity contribution >= 4 is 38.9 Å². The van der Waals surface area contributed by atoms with Crippen molar-refractivity contribution in [2.75, 3.05) is 13.1 Å². The summed E-state index contributed by atoms with van der Waals surface area (Å²) in [5.41, 5.74) is 0.626. The number of pyridine rings is 1. The maximum atomic E-state index is 12.8. The average molecular weight is 441 g/mol. The number of amides is 1. The number of aromatic nitrogens is 1. The second-order valence-electron chi connectivity index (χ2n) is 7.84. The summed E-state index contributed by atoms with van der Waals surface area (Å²) in [7, 11) is -3.72. The minimum atomic E-state index is -3.72. The van der Waals surface area contributed by atoms with Crippen molar-refractivity contribution in [3.05, 3.63) is 57.8 Å². The molecule has 150 valence electrons. The fourth-order valence-electron chi connectivity index (χ4n) is 3.44. The largest absolute Gasteiger partial charge is 0.337 e. The summed E-state index contributed by atoms with van der Waals surface area (Å²) < 4.78 is 25.5. The van der Waals surface area contributed by atoms with Crippen molar-refractivity contribution in [1.82, 2.24) is 9.88 Å². The number of carbonyl (C=O) groups is 1. The molecule has 1 amide bonds. The predicted octanol–water partition coefficient (Wildman–Crippen LogP) is 4.62. The first kappa shape index (κ1) is 21.1. The Hall–Kier alpha value is -1.63. The molecule has 0 N–H and O–H groups in total. The number of rotatable bonds is 4. The highest BCUT2D eigenvalue weighted by Crippen LogP contribution is 2.30. The van der Waals surface area contributed by atoms with E-state index in [1.54, 1.807) is 23.1 Å². The monoisotopic (exact) mass is 440 g/mol. The van der Waals surface area contributed by atoms with Crippen LogP contribution < -0.4 is 0 Å². The lowest BCUT2D eigenvalue weighted by Gasteiger charge is -2.37. The van der Waals surface area contributed by atoms with Crippen molar-refractivity contribution in [1.29, 1.82) is 0 Å². The normalized spacial score (nSPS) is 16.8. The lowest BCUT2D eigenvalue weighted by molar-refractivity contribution is 0.0577. The van der Waals surface area contributed by atoms with Crippen LogP contribution in [0.1, 0.15) is 42.9 Å². The molecule has 8 heteroatoms. The van der Waals surface area contributed by atoms with Crippen LogP contribution in [0.2, 0.25) is 10.0 Å². The van der Waals surface area contributed by atoms with Crippen molar-refractivity contribution in [2.24, 2.45) is 5.41 Å². The summed E-state index contributed by atoms with van der Waals surface area (Å²) in [4.78, 5) is 18.9. The number of halogens is 2. The molecule has 1 fully saturated rings. The van der Waals surface area contributed by atoms with E-state index < -0.39 is 9.84 Å². The van der Waals surface area contributed by atoms with Gasteiger partial charge in [0.25, 0.3) is 5.91 Å². The zero-order chi connectivity index (χ0) is 20.5. The zero-order valence-electron chi connectivity index (χ0n) is 15.8. The number of piperidine rings is 1. The molecule has 1 aliphatic heterocycles. The van der Waals surface area contributed by atoms with E-state index in [1.807, 2.05) is 0 Å². The van der Waals surface area contributed by atoms with E-state index in [2.05, 4.69) is 18.8 Å². The van der Waals surface area contributed by atoms with Gasteiger partial charge < -0.3 is 4.90 Å². The molecule has 3 rings (SSSR count). The molecule has 0 unspecified atom stereocenters. The standard InChI is InChI=1S/C20H22Cl2N2O3S/c1-20(2)9-4-10-24(13-20)19(25)17-6-3-5-15(23-17)12-28(26,27)18-8-7-14(21)11-16(18)22/h3,5-8,11H,4,9-10,12-13H2,1-2H3. The highest BCUT2D eigenvalue weighted by atomic mass is 35.5. The molecule has 2 heterocycles. The first-order chi connectivity index (χ1) is 13.1. The van der Waals surface area contributed by atoms with E-state index in [4.69, 9.17) is 23.2 Å². The van der Waals surface area contributed by atoms with Gasteiger partial charge in [0.2, 0.25) is 0 Å². The number of hydrogen-bond acceptors (Lipinski definition) is 4. The number of sulfone groups is 1. The Labute approximate surface area is 175 Å². The topological polar surface area (TPSA) is 67.3 Å². The third-order valence-corrected chi connectivity index (χ3v) is 7.14. The van der Waals surface area contributed by atoms with Crippen LogP contribution in [0, 0.1) is 5.41 Å². The van der Waals surface area contributed by atoms with Gasteiger partial charge in [0.05, 0.1) is 21.4 Å². The van der Waals surface area contributed by atoms with Gasteiger partial charge in [0.15, 0.2) is 9.84 Å². The summed E-state index contributed by atoms with van der Waals surface area (Å²) in [6, 6.07) is 9.12. The quantitative estimate of drug-likeness (QED) is 0.694. The van der Waals surface area contributed by atoms with Gasteiger partial charge in [-0.05, 0) is 48.6 Å². The van der Waals surface area contributed by atoms with Crippen LogP contribution in [0.5, 0.6) is 0 Å².